The zero-order valence-electron chi connectivity index (χ0n) is 6.21. The van der Waals surface area contributed by atoms with Crippen LogP contribution in [-0.2, 0) is 11.2 Å². The van der Waals surface area contributed by atoms with Crippen LogP contribution in [0.25, 0.3) is 0 Å². The lowest BCUT2D eigenvalue weighted by Gasteiger charge is -2.03. The fourth-order valence-electron chi connectivity index (χ4n) is 1.35. The largest absolute Gasteiger partial charge is 0.273 e. The lowest BCUT2D eigenvalue weighted by Crippen LogP contribution is -2.20. The Labute approximate surface area is 65.0 Å². The van der Waals surface area contributed by atoms with E-state index in [0.29, 0.717) is 6.42 Å². The summed E-state index contributed by atoms with van der Waals surface area (Å²) in [6, 6.07) is 3.98. The molecule has 0 aliphatic carbocycles. The van der Waals surface area contributed by atoms with Crippen LogP contribution in [0.5, 0.6) is 0 Å². The summed E-state index contributed by atoms with van der Waals surface area (Å²) in [4.78, 5) is 11.0. The highest BCUT2D eigenvalue weighted by molar-refractivity contribution is 5.84. The molecule has 2 heterocycles. The first-order chi connectivity index (χ1) is 5.36. The summed E-state index contributed by atoms with van der Waals surface area (Å²) in [6.45, 7) is 0. The van der Waals surface area contributed by atoms with Crippen molar-refractivity contribution >= 4 is 5.91 Å². The lowest BCUT2D eigenvalue weighted by molar-refractivity contribution is -0.117. The van der Waals surface area contributed by atoms with Crippen LogP contribution in [0.15, 0.2) is 18.3 Å². The van der Waals surface area contributed by atoms with Gasteiger partial charge in [-0.05, 0) is 25.0 Å². The number of carbonyl (C=O) groups excluding carboxylic acids is 1. The van der Waals surface area contributed by atoms with E-state index in [9.17, 15) is 4.79 Å². The van der Waals surface area contributed by atoms with Gasteiger partial charge < -0.3 is 0 Å². The number of nitrogens with zero attached hydrogens (tertiary/aromatic N) is 1. The third kappa shape index (κ3) is 1.13. The number of rotatable bonds is 0. The Bertz CT molecular complexity index is 277. The molecule has 58 valence electrons. The van der Waals surface area contributed by atoms with Gasteiger partial charge in [-0.3, -0.25) is 14.9 Å². The minimum Gasteiger partial charge on any atom is -0.273 e. The third-order valence-corrected chi connectivity index (χ3v) is 1.92. The lowest BCUT2D eigenvalue weighted by atomic mass is 10.2. The first kappa shape index (κ1) is 6.46. The second kappa shape index (κ2) is 2.42. The summed E-state index contributed by atoms with van der Waals surface area (Å²) in [5.74, 6) is 0.111. The predicted molar refractivity (Wildman–Crippen MR) is 41.7 cm³/mol. The molecule has 11 heavy (non-hydrogen) atoms. The molecule has 0 fully saturated rings. The highest BCUT2D eigenvalue weighted by atomic mass is 16.2. The average Bonchev–Trinajstić information content (AvgIpc) is 2.31. The van der Waals surface area contributed by atoms with E-state index in [-0.39, 0.29) is 5.91 Å². The molecule has 3 heteroatoms. The molecule has 1 aromatic heterocycles. The zero-order valence-corrected chi connectivity index (χ0v) is 6.21. The van der Waals surface area contributed by atoms with Crippen molar-refractivity contribution in [3.8, 4) is 0 Å². The van der Waals surface area contributed by atoms with Gasteiger partial charge in [-0.1, -0.05) is 0 Å². The highest BCUT2D eigenvalue weighted by Crippen LogP contribution is 2.09. The molecule has 0 bridgehead atoms. The first-order valence-electron chi connectivity index (χ1n) is 3.82. The molecule has 1 amide bonds. The Kier molecular flexibility index (Phi) is 1.42. The van der Waals surface area contributed by atoms with Crippen LogP contribution in [0, 0.1) is 0 Å². The van der Waals surface area contributed by atoms with Crippen molar-refractivity contribution in [2.45, 2.75) is 19.3 Å². The summed E-state index contributed by atoms with van der Waals surface area (Å²) in [5, 5.41) is 0. The number of amides is 1. The molecule has 1 aliphatic heterocycles. The van der Waals surface area contributed by atoms with Gasteiger partial charge in [0.25, 0.3) is 0 Å². The van der Waals surface area contributed by atoms with Crippen molar-refractivity contribution in [2.75, 3.05) is 5.43 Å². The number of fused-ring (bicyclic) bond motifs is 1. The summed E-state index contributed by atoms with van der Waals surface area (Å²) in [6.07, 6.45) is 4.46. The highest BCUT2D eigenvalue weighted by Gasteiger charge is 2.09. The van der Waals surface area contributed by atoms with E-state index in [1.54, 1.807) is 4.68 Å². The monoisotopic (exact) mass is 150 g/mol. The Balaban J connectivity index is 2.32. The second-order valence-corrected chi connectivity index (χ2v) is 2.76. The zero-order chi connectivity index (χ0) is 7.68. The minimum atomic E-state index is 0.111. The molecule has 0 atom stereocenters. The van der Waals surface area contributed by atoms with Crippen LogP contribution in [0.1, 0.15) is 18.5 Å². The number of aryl methyl sites for hydroxylation is 1. The molecule has 0 saturated heterocycles. The Hall–Kier alpha value is -1.25. The molecular formula is C8H10N2O. The standard InChI is InChI=1S/C8H10N2O/c11-8-5-1-3-7-4-2-6-10(7)9-8/h2,4,6H,1,3,5H2,(H,9,11). The Morgan fingerprint density at radius 1 is 1.45 bits per heavy atom. The van der Waals surface area contributed by atoms with Gasteiger partial charge in [0.1, 0.15) is 0 Å². The summed E-state index contributed by atoms with van der Waals surface area (Å²) >= 11 is 0. The molecule has 3 nitrogen and oxygen atoms in total. The number of hydrogen-bond donors (Lipinski definition) is 1. The van der Waals surface area contributed by atoms with Gasteiger partial charge in [0.15, 0.2) is 0 Å². The van der Waals surface area contributed by atoms with Crippen LogP contribution >= 0.6 is 0 Å². The third-order valence-electron chi connectivity index (χ3n) is 1.92. The number of carbonyl (C=O) groups is 1. The molecule has 1 aromatic rings. The van der Waals surface area contributed by atoms with E-state index in [1.165, 1.54) is 5.69 Å². The van der Waals surface area contributed by atoms with E-state index in [0.717, 1.165) is 12.8 Å². The molecule has 0 radical (unpaired) electrons. The van der Waals surface area contributed by atoms with Gasteiger partial charge >= 0.3 is 0 Å². The second-order valence-electron chi connectivity index (χ2n) is 2.76. The SMILES string of the molecule is O=C1CCCc2cccn2N1. The maximum absolute atomic E-state index is 11.0. The Morgan fingerprint density at radius 2 is 2.36 bits per heavy atom. The maximum Gasteiger partial charge on any atom is 0.238 e. The van der Waals surface area contributed by atoms with Gasteiger partial charge in [-0.15, -0.1) is 0 Å². The van der Waals surface area contributed by atoms with Crippen LogP contribution in [0.3, 0.4) is 0 Å². The van der Waals surface area contributed by atoms with Crippen LogP contribution in [0.2, 0.25) is 0 Å². The fraction of sp³-hybridized carbons (Fsp3) is 0.375. The summed E-state index contributed by atoms with van der Waals surface area (Å²) in [5.41, 5.74) is 3.97. The molecule has 1 N–H and O–H groups in total. The van der Waals surface area contributed by atoms with Crippen molar-refractivity contribution < 1.29 is 4.79 Å². The van der Waals surface area contributed by atoms with Crippen LogP contribution in [-0.4, -0.2) is 10.6 Å². The number of nitrogens with one attached hydrogen (secondary N) is 1. The van der Waals surface area contributed by atoms with E-state index in [2.05, 4.69) is 5.43 Å². The van der Waals surface area contributed by atoms with Crippen LogP contribution < -0.4 is 5.43 Å². The molecule has 0 saturated carbocycles. The van der Waals surface area contributed by atoms with Crippen LogP contribution in [0.4, 0.5) is 0 Å². The first-order valence-corrected chi connectivity index (χ1v) is 3.82. The fourth-order valence-corrected chi connectivity index (χ4v) is 1.35. The smallest absolute Gasteiger partial charge is 0.238 e. The average molecular weight is 150 g/mol. The minimum absolute atomic E-state index is 0.111. The topological polar surface area (TPSA) is 34.0 Å². The molecule has 0 unspecified atom stereocenters. The predicted octanol–water partition coefficient (Wildman–Crippen LogP) is 0.894. The van der Waals surface area contributed by atoms with Gasteiger partial charge in [-0.2, -0.15) is 0 Å². The molecule has 0 aromatic carbocycles. The quantitative estimate of drug-likeness (QED) is 0.585. The van der Waals surface area contributed by atoms with E-state index >= 15 is 0 Å². The van der Waals surface area contributed by atoms with E-state index in [1.807, 2.05) is 18.3 Å². The van der Waals surface area contributed by atoms with Crippen molar-refractivity contribution in [2.24, 2.45) is 0 Å². The number of aromatic nitrogens is 1. The molecule has 2 rings (SSSR count). The maximum atomic E-state index is 11.0. The normalized spacial score (nSPS) is 16.9. The van der Waals surface area contributed by atoms with Gasteiger partial charge in [0, 0.05) is 18.3 Å². The van der Waals surface area contributed by atoms with E-state index < -0.39 is 0 Å². The van der Waals surface area contributed by atoms with Gasteiger partial charge in [-0.25, -0.2) is 0 Å². The van der Waals surface area contributed by atoms with Crippen molar-refractivity contribution in [1.29, 1.82) is 0 Å². The summed E-state index contributed by atoms with van der Waals surface area (Å²) in [7, 11) is 0. The van der Waals surface area contributed by atoms with Crippen molar-refractivity contribution in [1.82, 2.24) is 4.68 Å². The van der Waals surface area contributed by atoms with Gasteiger partial charge in [0.05, 0.1) is 0 Å². The van der Waals surface area contributed by atoms with E-state index in [4.69, 9.17) is 0 Å². The Morgan fingerprint density at radius 3 is 3.27 bits per heavy atom. The van der Waals surface area contributed by atoms with Gasteiger partial charge in [0.2, 0.25) is 5.91 Å². The molecular weight excluding hydrogens is 140 g/mol. The summed E-state index contributed by atoms with van der Waals surface area (Å²) < 4.78 is 1.80. The number of hydrogen-bond acceptors (Lipinski definition) is 1. The molecule has 1 aliphatic rings. The van der Waals surface area contributed by atoms with Crippen molar-refractivity contribution in [3.05, 3.63) is 24.0 Å². The van der Waals surface area contributed by atoms with Crippen molar-refractivity contribution in [3.63, 3.8) is 0 Å². The molecule has 0 spiro atoms.